The fourth-order valence-electron chi connectivity index (χ4n) is 2.56. The standard InChI is InChI=1S/C21H46O2S2Si2/c1-20(2,3)26(7,8)22-14-11-13-18(17-19-24-15-12-16-25-19)23-27(9,10)21(4,5)6/h18-19H,11-17H2,1-10H3/t18-/m1/s1. The highest BCUT2D eigenvalue weighted by Gasteiger charge is 2.40. The molecule has 1 aliphatic heterocycles. The molecule has 1 aliphatic rings. The first-order valence-electron chi connectivity index (χ1n) is 10.7. The van der Waals surface area contributed by atoms with Crippen molar-refractivity contribution in [3.63, 3.8) is 0 Å². The van der Waals surface area contributed by atoms with Crippen molar-refractivity contribution in [2.75, 3.05) is 18.1 Å². The summed E-state index contributed by atoms with van der Waals surface area (Å²) in [7, 11) is -3.37. The second-order valence-electron chi connectivity index (χ2n) is 11.0. The molecule has 2 nitrogen and oxygen atoms in total. The molecule has 0 radical (unpaired) electrons. The van der Waals surface area contributed by atoms with Crippen LogP contribution in [0.3, 0.4) is 0 Å². The molecular formula is C21H46O2S2Si2. The zero-order valence-corrected chi connectivity index (χ0v) is 23.4. The molecule has 1 saturated heterocycles. The van der Waals surface area contributed by atoms with Crippen LogP contribution in [0.4, 0.5) is 0 Å². The van der Waals surface area contributed by atoms with Gasteiger partial charge in [-0.2, -0.15) is 0 Å². The fourth-order valence-corrected chi connectivity index (χ4v) is 8.04. The Labute approximate surface area is 181 Å². The van der Waals surface area contributed by atoms with E-state index in [9.17, 15) is 0 Å². The lowest BCUT2D eigenvalue weighted by Gasteiger charge is -2.40. The Morgan fingerprint density at radius 1 is 0.889 bits per heavy atom. The minimum Gasteiger partial charge on any atom is -0.417 e. The average molecular weight is 451 g/mol. The van der Waals surface area contributed by atoms with Gasteiger partial charge < -0.3 is 8.85 Å². The van der Waals surface area contributed by atoms with E-state index >= 15 is 0 Å². The highest BCUT2D eigenvalue weighted by atomic mass is 32.2. The van der Waals surface area contributed by atoms with Crippen LogP contribution in [0, 0.1) is 0 Å². The predicted molar refractivity (Wildman–Crippen MR) is 132 cm³/mol. The number of hydrogen-bond donors (Lipinski definition) is 0. The predicted octanol–water partition coefficient (Wildman–Crippen LogP) is 7.77. The summed E-state index contributed by atoms with van der Waals surface area (Å²) >= 11 is 4.29. The van der Waals surface area contributed by atoms with Gasteiger partial charge in [-0.05, 0) is 73.5 Å². The van der Waals surface area contributed by atoms with Gasteiger partial charge in [0.1, 0.15) is 0 Å². The summed E-state index contributed by atoms with van der Waals surface area (Å²) in [6, 6.07) is 0. The third-order valence-corrected chi connectivity index (χ3v) is 18.6. The first-order chi connectivity index (χ1) is 12.2. The average Bonchev–Trinajstić information content (AvgIpc) is 2.50. The monoisotopic (exact) mass is 450 g/mol. The minimum atomic E-state index is -1.73. The van der Waals surface area contributed by atoms with Gasteiger partial charge in [0, 0.05) is 12.7 Å². The van der Waals surface area contributed by atoms with Gasteiger partial charge in [0.25, 0.3) is 0 Å². The van der Waals surface area contributed by atoms with Crippen LogP contribution in [0.25, 0.3) is 0 Å². The highest BCUT2D eigenvalue weighted by Crippen LogP contribution is 2.41. The number of thioether (sulfide) groups is 2. The third kappa shape index (κ3) is 8.75. The molecule has 0 aromatic heterocycles. The van der Waals surface area contributed by atoms with Gasteiger partial charge in [-0.15, -0.1) is 23.5 Å². The van der Waals surface area contributed by atoms with Gasteiger partial charge in [0.15, 0.2) is 16.6 Å². The van der Waals surface area contributed by atoms with Crippen molar-refractivity contribution in [3.05, 3.63) is 0 Å². The van der Waals surface area contributed by atoms with Gasteiger partial charge in [0.2, 0.25) is 0 Å². The van der Waals surface area contributed by atoms with E-state index in [1.807, 2.05) is 0 Å². The van der Waals surface area contributed by atoms with Crippen LogP contribution in [-0.2, 0) is 8.85 Å². The minimum absolute atomic E-state index is 0.274. The normalized spacial score (nSPS) is 19.3. The lowest BCUT2D eigenvalue weighted by Crippen LogP contribution is -2.44. The third-order valence-electron chi connectivity index (χ3n) is 6.56. The fraction of sp³-hybridized carbons (Fsp3) is 1.00. The Balaban J connectivity index is 2.62. The molecule has 1 fully saturated rings. The van der Waals surface area contributed by atoms with Crippen LogP contribution in [0.15, 0.2) is 0 Å². The summed E-state index contributed by atoms with van der Waals surface area (Å²) in [6.45, 7) is 24.4. The summed E-state index contributed by atoms with van der Waals surface area (Å²) in [5.41, 5.74) is 0. The molecule has 0 saturated carbocycles. The van der Waals surface area contributed by atoms with Crippen molar-refractivity contribution in [1.29, 1.82) is 0 Å². The Bertz CT molecular complexity index is 436. The van der Waals surface area contributed by atoms with Gasteiger partial charge in [0.05, 0.1) is 4.58 Å². The first kappa shape index (κ1) is 26.1. The molecule has 1 rings (SSSR count). The second-order valence-corrected chi connectivity index (χ2v) is 23.5. The van der Waals surface area contributed by atoms with Gasteiger partial charge in [-0.25, -0.2) is 0 Å². The van der Waals surface area contributed by atoms with E-state index < -0.39 is 16.6 Å². The zero-order chi connectivity index (χ0) is 20.9. The SMILES string of the molecule is CC(C)(C)[Si](C)(C)OCCC[C@H](CC1SCCCS1)O[Si](C)(C)C(C)(C)C. The zero-order valence-electron chi connectivity index (χ0n) is 19.7. The van der Waals surface area contributed by atoms with Gasteiger partial charge in [-0.1, -0.05) is 41.5 Å². The highest BCUT2D eigenvalue weighted by molar-refractivity contribution is 8.17. The van der Waals surface area contributed by atoms with E-state index in [0.29, 0.717) is 11.1 Å². The molecule has 0 aliphatic carbocycles. The largest absolute Gasteiger partial charge is 0.417 e. The quantitative estimate of drug-likeness (QED) is 0.264. The molecule has 6 heteroatoms. The van der Waals surface area contributed by atoms with Crippen molar-refractivity contribution in [1.82, 2.24) is 0 Å². The summed E-state index contributed by atoms with van der Waals surface area (Å²) in [5, 5.41) is 0.565. The Morgan fingerprint density at radius 2 is 1.41 bits per heavy atom. The summed E-state index contributed by atoms with van der Waals surface area (Å²) < 4.78 is 14.0. The summed E-state index contributed by atoms with van der Waals surface area (Å²) in [4.78, 5) is 0. The molecule has 27 heavy (non-hydrogen) atoms. The summed E-state index contributed by atoms with van der Waals surface area (Å²) in [5.74, 6) is 2.64. The lowest BCUT2D eigenvalue weighted by atomic mass is 10.1. The molecule has 1 heterocycles. The molecule has 0 N–H and O–H groups in total. The van der Waals surface area contributed by atoms with Crippen molar-refractivity contribution in [3.8, 4) is 0 Å². The number of hydrogen-bond acceptors (Lipinski definition) is 4. The maximum absolute atomic E-state index is 6.87. The lowest BCUT2D eigenvalue weighted by molar-refractivity contribution is 0.152. The Hall–Kier alpha value is 1.05. The Kier molecular flexibility index (Phi) is 10.0. The van der Waals surface area contributed by atoms with Gasteiger partial charge in [-0.3, -0.25) is 0 Å². The number of rotatable bonds is 9. The van der Waals surface area contributed by atoms with E-state index in [-0.39, 0.29) is 5.04 Å². The van der Waals surface area contributed by atoms with Crippen LogP contribution < -0.4 is 0 Å². The van der Waals surface area contributed by atoms with Crippen LogP contribution in [0.2, 0.25) is 36.3 Å². The van der Waals surface area contributed by atoms with Crippen molar-refractivity contribution < 1.29 is 8.85 Å². The molecular weight excluding hydrogens is 405 g/mol. The van der Waals surface area contributed by atoms with Crippen molar-refractivity contribution in [2.45, 2.75) is 114 Å². The molecule has 0 bridgehead atoms. The smallest absolute Gasteiger partial charge is 0.192 e. The molecule has 0 amide bonds. The first-order valence-corrected chi connectivity index (χ1v) is 18.6. The molecule has 0 aromatic carbocycles. The van der Waals surface area contributed by atoms with Crippen LogP contribution in [-0.4, -0.2) is 45.4 Å². The molecule has 162 valence electrons. The van der Waals surface area contributed by atoms with E-state index in [0.717, 1.165) is 24.0 Å². The van der Waals surface area contributed by atoms with E-state index in [2.05, 4.69) is 91.3 Å². The maximum atomic E-state index is 6.87. The molecule has 0 aromatic rings. The Morgan fingerprint density at radius 3 is 1.89 bits per heavy atom. The topological polar surface area (TPSA) is 18.5 Å². The summed E-state index contributed by atoms with van der Waals surface area (Å²) in [6.07, 6.45) is 5.20. The van der Waals surface area contributed by atoms with Crippen LogP contribution >= 0.6 is 23.5 Å². The second kappa shape index (κ2) is 10.4. The molecule has 1 atom stereocenters. The van der Waals surface area contributed by atoms with Crippen LogP contribution in [0.5, 0.6) is 0 Å². The maximum Gasteiger partial charge on any atom is 0.192 e. The van der Waals surface area contributed by atoms with E-state index in [1.54, 1.807) is 0 Å². The van der Waals surface area contributed by atoms with E-state index in [4.69, 9.17) is 8.85 Å². The molecule has 0 spiro atoms. The van der Waals surface area contributed by atoms with E-state index in [1.165, 1.54) is 24.3 Å². The van der Waals surface area contributed by atoms with Gasteiger partial charge >= 0.3 is 0 Å². The van der Waals surface area contributed by atoms with Crippen molar-refractivity contribution >= 4 is 40.2 Å². The van der Waals surface area contributed by atoms with Crippen molar-refractivity contribution in [2.24, 2.45) is 0 Å². The van der Waals surface area contributed by atoms with Crippen LogP contribution in [0.1, 0.15) is 67.2 Å². The molecule has 0 unspecified atom stereocenters.